The minimum Gasteiger partial charge on any atom is -0.268 e. The second-order valence-corrected chi connectivity index (χ2v) is 6.62. The molecule has 0 radical (unpaired) electrons. The molecule has 1 aliphatic heterocycles. The van der Waals surface area contributed by atoms with Crippen molar-refractivity contribution in [2.45, 2.75) is 0 Å². The van der Waals surface area contributed by atoms with Gasteiger partial charge in [-0.3, -0.25) is 14.5 Å². The Hall–Kier alpha value is -2.11. The van der Waals surface area contributed by atoms with Crippen molar-refractivity contribution in [1.82, 2.24) is 4.90 Å². The quantitative estimate of drug-likeness (QED) is 0.606. The van der Waals surface area contributed by atoms with Crippen molar-refractivity contribution in [2.24, 2.45) is 0 Å². The predicted molar refractivity (Wildman–Crippen MR) is 92.6 cm³/mol. The van der Waals surface area contributed by atoms with E-state index < -0.39 is 0 Å². The van der Waals surface area contributed by atoms with Gasteiger partial charge in [0, 0.05) is 11.4 Å². The maximum absolute atomic E-state index is 12.2. The summed E-state index contributed by atoms with van der Waals surface area (Å²) in [6.45, 7) is 3.82. The predicted octanol–water partition coefficient (Wildman–Crippen LogP) is 4.64. The molecule has 0 atom stereocenters. The highest BCUT2D eigenvalue weighted by Crippen LogP contribution is 2.34. The Morgan fingerprint density at radius 2 is 1.91 bits per heavy atom. The first-order chi connectivity index (χ1) is 10.7. The molecule has 2 aromatic rings. The fraction of sp³-hybridized carbons (Fsp3) is 0.0588. The van der Waals surface area contributed by atoms with Crippen LogP contribution in [-0.4, -0.2) is 22.6 Å². The van der Waals surface area contributed by atoms with E-state index in [9.17, 15) is 9.59 Å². The van der Waals surface area contributed by atoms with Crippen molar-refractivity contribution in [3.63, 3.8) is 0 Å². The van der Waals surface area contributed by atoms with Gasteiger partial charge in [0.15, 0.2) is 0 Å². The molecule has 1 aliphatic rings. The van der Waals surface area contributed by atoms with E-state index in [-0.39, 0.29) is 17.7 Å². The van der Waals surface area contributed by atoms with E-state index in [0.717, 1.165) is 27.8 Å². The smallest absolute Gasteiger partial charge is 0.268 e. The Morgan fingerprint density at radius 3 is 2.64 bits per heavy atom. The van der Waals surface area contributed by atoms with Crippen LogP contribution in [0.3, 0.4) is 0 Å². The number of nitrogens with zero attached hydrogens (tertiary/aromatic N) is 1. The van der Waals surface area contributed by atoms with E-state index in [1.54, 1.807) is 23.5 Å². The Morgan fingerprint density at radius 1 is 1.14 bits per heavy atom. The lowest BCUT2D eigenvalue weighted by molar-refractivity contribution is -0.122. The molecule has 3 nitrogen and oxygen atoms in total. The van der Waals surface area contributed by atoms with Gasteiger partial charge in [-0.15, -0.1) is 17.9 Å². The van der Waals surface area contributed by atoms with Crippen LogP contribution < -0.4 is 0 Å². The van der Waals surface area contributed by atoms with E-state index in [4.69, 9.17) is 0 Å². The van der Waals surface area contributed by atoms with Gasteiger partial charge >= 0.3 is 0 Å². The number of hydrogen-bond donors (Lipinski definition) is 0. The summed E-state index contributed by atoms with van der Waals surface area (Å²) in [5, 5.41) is 1.81. The Kier molecular flexibility index (Phi) is 4.27. The van der Waals surface area contributed by atoms with Crippen LogP contribution in [-0.2, 0) is 4.79 Å². The number of carbonyl (C=O) groups excluding carboxylic acids is 2. The number of imide groups is 1. The maximum atomic E-state index is 12.2. The first-order valence-electron chi connectivity index (χ1n) is 6.69. The number of rotatable bonds is 4. The molecule has 0 bridgehead atoms. The summed E-state index contributed by atoms with van der Waals surface area (Å²) < 4.78 is 0. The van der Waals surface area contributed by atoms with Crippen molar-refractivity contribution < 1.29 is 9.59 Å². The average molecular weight is 327 g/mol. The van der Waals surface area contributed by atoms with Crippen molar-refractivity contribution in [3.05, 3.63) is 64.2 Å². The number of carbonyl (C=O) groups is 2. The van der Waals surface area contributed by atoms with Gasteiger partial charge in [-0.25, -0.2) is 0 Å². The molecule has 2 heterocycles. The summed E-state index contributed by atoms with van der Waals surface area (Å²) in [4.78, 5) is 26.6. The summed E-state index contributed by atoms with van der Waals surface area (Å²) in [6.07, 6.45) is 3.34. The zero-order valence-corrected chi connectivity index (χ0v) is 13.3. The molecule has 5 heteroatoms. The van der Waals surface area contributed by atoms with Crippen LogP contribution in [0, 0.1) is 0 Å². The van der Waals surface area contributed by atoms with Crippen molar-refractivity contribution in [1.29, 1.82) is 0 Å². The van der Waals surface area contributed by atoms with E-state index in [1.807, 2.05) is 36.4 Å². The summed E-state index contributed by atoms with van der Waals surface area (Å²) in [6, 6.07) is 12.1. The molecule has 1 aromatic heterocycles. The molecule has 0 aliphatic carbocycles. The molecule has 110 valence electrons. The van der Waals surface area contributed by atoms with Crippen LogP contribution in [0.2, 0.25) is 0 Å². The molecule has 3 rings (SSSR count). The van der Waals surface area contributed by atoms with Crippen LogP contribution in [0.1, 0.15) is 4.88 Å². The zero-order chi connectivity index (χ0) is 15.5. The molecule has 0 unspecified atom stereocenters. The largest absolute Gasteiger partial charge is 0.293 e. The number of hydrogen-bond acceptors (Lipinski definition) is 4. The molecule has 0 saturated carbocycles. The van der Waals surface area contributed by atoms with Gasteiger partial charge in [0.2, 0.25) is 0 Å². The molecule has 22 heavy (non-hydrogen) atoms. The standard InChI is InChI=1S/C17H13NO2S2/c1-2-8-18-16(19)15(22-17(18)20)10-14-9-13(11-21-14)12-6-4-3-5-7-12/h2-7,9-11H,1,8H2/b15-10-. The van der Waals surface area contributed by atoms with Gasteiger partial charge in [0.1, 0.15) is 0 Å². The summed E-state index contributed by atoms with van der Waals surface area (Å²) >= 11 is 2.54. The molecule has 0 spiro atoms. The van der Waals surface area contributed by atoms with Gasteiger partial charge in [0.05, 0.1) is 4.91 Å². The van der Waals surface area contributed by atoms with Crippen LogP contribution in [0.4, 0.5) is 4.79 Å². The summed E-state index contributed by atoms with van der Waals surface area (Å²) in [7, 11) is 0. The third-order valence-electron chi connectivity index (χ3n) is 3.19. The molecular weight excluding hydrogens is 314 g/mol. The van der Waals surface area contributed by atoms with E-state index in [1.165, 1.54) is 4.90 Å². The highest BCUT2D eigenvalue weighted by molar-refractivity contribution is 8.18. The van der Waals surface area contributed by atoms with Gasteiger partial charge in [-0.1, -0.05) is 36.4 Å². The van der Waals surface area contributed by atoms with Gasteiger partial charge in [-0.05, 0) is 40.4 Å². The minimum atomic E-state index is -0.246. The van der Waals surface area contributed by atoms with Gasteiger partial charge in [-0.2, -0.15) is 0 Å². The number of amides is 2. The fourth-order valence-electron chi connectivity index (χ4n) is 2.13. The third-order valence-corrected chi connectivity index (χ3v) is 4.97. The Balaban J connectivity index is 1.85. The van der Waals surface area contributed by atoms with Crippen LogP contribution in [0.15, 0.2) is 59.3 Å². The lowest BCUT2D eigenvalue weighted by atomic mass is 10.1. The van der Waals surface area contributed by atoms with Crippen LogP contribution >= 0.6 is 23.1 Å². The summed E-state index contributed by atoms with van der Waals surface area (Å²) in [5.74, 6) is -0.246. The Bertz CT molecular complexity index is 762. The number of thioether (sulfide) groups is 1. The van der Waals surface area contributed by atoms with Crippen molar-refractivity contribution >= 4 is 40.3 Å². The minimum absolute atomic E-state index is 0.240. The van der Waals surface area contributed by atoms with Crippen LogP contribution in [0.5, 0.6) is 0 Å². The van der Waals surface area contributed by atoms with Crippen molar-refractivity contribution in [3.8, 4) is 11.1 Å². The molecule has 1 aromatic carbocycles. The molecule has 1 saturated heterocycles. The highest BCUT2D eigenvalue weighted by Gasteiger charge is 2.34. The second kappa shape index (κ2) is 6.34. The van der Waals surface area contributed by atoms with E-state index in [0.29, 0.717) is 4.91 Å². The normalized spacial score (nSPS) is 16.5. The van der Waals surface area contributed by atoms with Crippen molar-refractivity contribution in [2.75, 3.05) is 6.54 Å². The SMILES string of the molecule is C=CCN1C(=O)S/C(=C\c2cc(-c3ccccc3)cs2)C1=O. The zero-order valence-electron chi connectivity index (χ0n) is 11.7. The van der Waals surface area contributed by atoms with E-state index in [2.05, 4.69) is 12.0 Å². The van der Waals surface area contributed by atoms with Gasteiger partial charge < -0.3 is 0 Å². The summed E-state index contributed by atoms with van der Waals surface area (Å²) in [5.41, 5.74) is 2.25. The van der Waals surface area contributed by atoms with Crippen LogP contribution in [0.25, 0.3) is 17.2 Å². The molecular formula is C17H13NO2S2. The highest BCUT2D eigenvalue weighted by atomic mass is 32.2. The fourth-order valence-corrected chi connectivity index (χ4v) is 3.89. The first kappa shape index (κ1) is 14.8. The lowest BCUT2D eigenvalue weighted by Crippen LogP contribution is -2.27. The lowest BCUT2D eigenvalue weighted by Gasteiger charge is -2.07. The monoisotopic (exact) mass is 327 g/mol. The first-order valence-corrected chi connectivity index (χ1v) is 8.39. The maximum Gasteiger partial charge on any atom is 0.293 e. The number of thiophene rings is 1. The number of benzene rings is 1. The molecule has 0 N–H and O–H groups in total. The topological polar surface area (TPSA) is 37.4 Å². The molecule has 1 fully saturated rings. The van der Waals surface area contributed by atoms with Gasteiger partial charge in [0.25, 0.3) is 11.1 Å². The second-order valence-electron chi connectivity index (χ2n) is 4.68. The third kappa shape index (κ3) is 2.91. The van der Waals surface area contributed by atoms with E-state index >= 15 is 0 Å². The average Bonchev–Trinajstić information content (AvgIpc) is 3.09. The molecule has 2 amide bonds. The Labute approximate surface area is 137 Å².